The molecule has 1 aromatic carbocycles. The van der Waals surface area contributed by atoms with Crippen molar-refractivity contribution in [3.63, 3.8) is 0 Å². The second-order valence-corrected chi connectivity index (χ2v) is 5.21. The Kier molecular flexibility index (Phi) is 5.49. The van der Waals surface area contributed by atoms with Crippen molar-refractivity contribution in [2.75, 3.05) is 5.33 Å². The molecule has 76 valence electrons. The van der Waals surface area contributed by atoms with Gasteiger partial charge in [-0.3, -0.25) is 0 Å². The van der Waals surface area contributed by atoms with Gasteiger partial charge in [0.05, 0.1) is 0 Å². The molecule has 0 heterocycles. The smallest absolute Gasteiger partial charge is 0.0283 e. The molecule has 0 fully saturated rings. The summed E-state index contributed by atoms with van der Waals surface area (Å²) in [6.07, 6.45) is 3.96. The molecule has 0 aliphatic heterocycles. The highest BCUT2D eigenvalue weighted by molar-refractivity contribution is 9.12. The van der Waals surface area contributed by atoms with Crippen LogP contribution in [0.3, 0.4) is 0 Å². The van der Waals surface area contributed by atoms with Gasteiger partial charge in [-0.1, -0.05) is 62.2 Å². The average Bonchev–Trinajstić information content (AvgIpc) is 2.21. The zero-order valence-corrected chi connectivity index (χ0v) is 11.2. The zero-order chi connectivity index (χ0) is 10.4. The van der Waals surface area contributed by atoms with Gasteiger partial charge in [-0.25, -0.2) is 0 Å². The SMILES string of the molecule is C=CCc1ccc(CC(Br)CBr)cc1. The summed E-state index contributed by atoms with van der Waals surface area (Å²) in [5, 5.41) is 0.988. The van der Waals surface area contributed by atoms with Crippen LogP contribution >= 0.6 is 31.9 Å². The molecular formula is C12H14Br2. The third-order valence-corrected chi connectivity index (χ3v) is 4.33. The molecule has 0 aliphatic rings. The summed E-state index contributed by atoms with van der Waals surface area (Å²) in [5.41, 5.74) is 2.70. The average molecular weight is 318 g/mol. The minimum atomic E-state index is 0.521. The van der Waals surface area contributed by atoms with Gasteiger partial charge in [0.25, 0.3) is 0 Å². The van der Waals surface area contributed by atoms with Gasteiger partial charge in [-0.05, 0) is 24.0 Å². The topological polar surface area (TPSA) is 0 Å². The Balaban J connectivity index is 2.59. The van der Waals surface area contributed by atoms with Gasteiger partial charge in [-0.2, -0.15) is 0 Å². The van der Waals surface area contributed by atoms with Crippen LogP contribution in [0.15, 0.2) is 36.9 Å². The van der Waals surface area contributed by atoms with Gasteiger partial charge in [0.15, 0.2) is 0 Å². The van der Waals surface area contributed by atoms with Gasteiger partial charge >= 0.3 is 0 Å². The number of allylic oxidation sites excluding steroid dienone is 1. The second-order valence-electron chi connectivity index (χ2n) is 3.27. The van der Waals surface area contributed by atoms with Gasteiger partial charge < -0.3 is 0 Å². The van der Waals surface area contributed by atoms with E-state index in [0.29, 0.717) is 4.83 Å². The van der Waals surface area contributed by atoms with Crippen LogP contribution in [0.4, 0.5) is 0 Å². The van der Waals surface area contributed by atoms with Crippen LogP contribution in [0.5, 0.6) is 0 Å². The van der Waals surface area contributed by atoms with E-state index in [1.807, 2.05) is 6.08 Å². The molecule has 1 aromatic rings. The fourth-order valence-corrected chi connectivity index (χ4v) is 1.89. The predicted octanol–water partition coefficient (Wildman–Crippen LogP) is 4.12. The van der Waals surface area contributed by atoms with Gasteiger partial charge in [0, 0.05) is 10.2 Å². The molecule has 0 N–H and O–H groups in total. The van der Waals surface area contributed by atoms with E-state index < -0.39 is 0 Å². The Bertz CT molecular complexity index is 277. The maximum Gasteiger partial charge on any atom is 0.0283 e. The predicted molar refractivity (Wildman–Crippen MR) is 70.6 cm³/mol. The summed E-state index contributed by atoms with van der Waals surface area (Å²) >= 11 is 7.05. The van der Waals surface area contributed by atoms with Crippen molar-refractivity contribution in [2.24, 2.45) is 0 Å². The van der Waals surface area contributed by atoms with Crippen molar-refractivity contribution >= 4 is 31.9 Å². The number of benzene rings is 1. The lowest BCUT2D eigenvalue weighted by Crippen LogP contribution is -2.03. The van der Waals surface area contributed by atoms with Crippen molar-refractivity contribution in [3.05, 3.63) is 48.0 Å². The Morgan fingerprint density at radius 3 is 2.29 bits per heavy atom. The number of alkyl halides is 2. The van der Waals surface area contributed by atoms with Crippen molar-refractivity contribution in [1.82, 2.24) is 0 Å². The van der Waals surface area contributed by atoms with Gasteiger partial charge in [0.2, 0.25) is 0 Å². The van der Waals surface area contributed by atoms with E-state index in [4.69, 9.17) is 0 Å². The third kappa shape index (κ3) is 3.97. The highest BCUT2D eigenvalue weighted by atomic mass is 79.9. The maximum atomic E-state index is 3.73. The molecule has 14 heavy (non-hydrogen) atoms. The van der Waals surface area contributed by atoms with Crippen LogP contribution < -0.4 is 0 Å². The highest BCUT2D eigenvalue weighted by Gasteiger charge is 2.02. The van der Waals surface area contributed by atoms with Crippen molar-refractivity contribution in [1.29, 1.82) is 0 Å². The standard InChI is InChI=1S/C12H14Br2/c1-2-3-10-4-6-11(7-5-10)8-12(14)9-13/h2,4-7,12H,1,3,8-9H2. The summed E-state index contributed by atoms with van der Waals surface area (Å²) in [7, 11) is 0. The lowest BCUT2D eigenvalue weighted by Gasteiger charge is -2.06. The first kappa shape index (κ1) is 12.0. The molecule has 0 saturated carbocycles. The van der Waals surface area contributed by atoms with Crippen molar-refractivity contribution in [3.8, 4) is 0 Å². The number of rotatable bonds is 5. The summed E-state index contributed by atoms with van der Waals surface area (Å²) in [4.78, 5) is 0.521. The Morgan fingerprint density at radius 1 is 1.21 bits per heavy atom. The van der Waals surface area contributed by atoms with E-state index >= 15 is 0 Å². The van der Waals surface area contributed by atoms with Gasteiger partial charge in [-0.15, -0.1) is 6.58 Å². The van der Waals surface area contributed by atoms with Gasteiger partial charge in [0.1, 0.15) is 0 Å². The van der Waals surface area contributed by atoms with E-state index in [-0.39, 0.29) is 0 Å². The molecule has 0 nitrogen and oxygen atoms in total. The monoisotopic (exact) mass is 316 g/mol. The Labute approximate surface area is 103 Å². The van der Waals surface area contributed by atoms with Crippen molar-refractivity contribution in [2.45, 2.75) is 17.7 Å². The molecule has 0 aromatic heterocycles. The van der Waals surface area contributed by atoms with Crippen LogP contribution in [-0.2, 0) is 12.8 Å². The summed E-state index contributed by atoms with van der Waals surface area (Å²) in [6, 6.07) is 8.72. The molecular weight excluding hydrogens is 304 g/mol. The van der Waals surface area contributed by atoms with E-state index in [1.54, 1.807) is 0 Å². The first-order valence-electron chi connectivity index (χ1n) is 4.65. The molecule has 0 saturated heterocycles. The quantitative estimate of drug-likeness (QED) is 0.566. The fourth-order valence-electron chi connectivity index (χ4n) is 1.29. The molecule has 0 radical (unpaired) electrons. The largest absolute Gasteiger partial charge is 0.103 e. The molecule has 1 unspecified atom stereocenters. The minimum absolute atomic E-state index is 0.521. The van der Waals surface area contributed by atoms with Crippen LogP contribution in [-0.4, -0.2) is 10.2 Å². The lowest BCUT2D eigenvalue weighted by atomic mass is 10.1. The minimum Gasteiger partial charge on any atom is -0.103 e. The summed E-state index contributed by atoms with van der Waals surface area (Å²) in [6.45, 7) is 3.73. The molecule has 0 spiro atoms. The Morgan fingerprint density at radius 2 is 1.79 bits per heavy atom. The van der Waals surface area contributed by atoms with E-state index in [2.05, 4.69) is 62.7 Å². The zero-order valence-electron chi connectivity index (χ0n) is 8.05. The first-order chi connectivity index (χ1) is 6.76. The summed E-state index contributed by atoms with van der Waals surface area (Å²) in [5.74, 6) is 0. The van der Waals surface area contributed by atoms with Crippen LogP contribution in [0.25, 0.3) is 0 Å². The molecule has 1 atom stereocenters. The van der Waals surface area contributed by atoms with E-state index in [0.717, 1.165) is 18.2 Å². The fraction of sp³-hybridized carbons (Fsp3) is 0.333. The second kappa shape index (κ2) is 6.41. The molecule has 0 bridgehead atoms. The van der Waals surface area contributed by atoms with Crippen LogP contribution in [0.2, 0.25) is 0 Å². The van der Waals surface area contributed by atoms with Crippen molar-refractivity contribution < 1.29 is 0 Å². The number of hydrogen-bond acceptors (Lipinski definition) is 0. The Hall–Kier alpha value is -0.0800. The highest BCUT2D eigenvalue weighted by Crippen LogP contribution is 2.13. The summed E-state index contributed by atoms with van der Waals surface area (Å²) < 4.78 is 0. The van der Waals surface area contributed by atoms with Crippen LogP contribution in [0, 0.1) is 0 Å². The number of halogens is 2. The first-order valence-corrected chi connectivity index (χ1v) is 6.68. The molecule has 2 heteroatoms. The van der Waals surface area contributed by atoms with Crippen LogP contribution in [0.1, 0.15) is 11.1 Å². The van der Waals surface area contributed by atoms with E-state index in [9.17, 15) is 0 Å². The molecule has 0 amide bonds. The maximum absolute atomic E-state index is 3.73. The van der Waals surface area contributed by atoms with E-state index in [1.165, 1.54) is 11.1 Å². The number of hydrogen-bond donors (Lipinski definition) is 0. The lowest BCUT2D eigenvalue weighted by molar-refractivity contribution is 0.975. The molecule has 0 aliphatic carbocycles. The third-order valence-electron chi connectivity index (χ3n) is 2.03. The molecule has 1 rings (SSSR count). The normalized spacial score (nSPS) is 12.4.